The van der Waals surface area contributed by atoms with Crippen LogP contribution in [-0.4, -0.2) is 21.7 Å². The van der Waals surface area contributed by atoms with Crippen molar-refractivity contribution in [1.82, 2.24) is 9.97 Å². The fourth-order valence-electron chi connectivity index (χ4n) is 2.45. The zero-order valence-electron chi connectivity index (χ0n) is 13.6. The molecule has 0 unspecified atom stereocenters. The van der Waals surface area contributed by atoms with Crippen LogP contribution in [0.25, 0.3) is 11.3 Å². The molecule has 0 aliphatic rings. The van der Waals surface area contributed by atoms with E-state index >= 15 is 0 Å². The molecule has 0 bridgehead atoms. The zero-order chi connectivity index (χ0) is 17.3. The van der Waals surface area contributed by atoms with Gasteiger partial charge in [0.1, 0.15) is 5.69 Å². The second kappa shape index (κ2) is 6.41. The van der Waals surface area contributed by atoms with Gasteiger partial charge in [-0.15, -0.1) is 11.3 Å². The van der Waals surface area contributed by atoms with E-state index in [4.69, 9.17) is 0 Å². The summed E-state index contributed by atoms with van der Waals surface area (Å²) >= 11 is 1.37. The van der Waals surface area contributed by atoms with Gasteiger partial charge in [0.15, 0.2) is 10.9 Å². The first-order valence-corrected chi connectivity index (χ1v) is 8.36. The highest BCUT2D eigenvalue weighted by molar-refractivity contribution is 7.14. The van der Waals surface area contributed by atoms with Gasteiger partial charge in [-0.1, -0.05) is 23.8 Å². The summed E-state index contributed by atoms with van der Waals surface area (Å²) in [5.74, 6) is -0.402. The van der Waals surface area contributed by atoms with Crippen LogP contribution < -0.4 is 5.32 Å². The minimum absolute atomic E-state index is 0.0864. The van der Waals surface area contributed by atoms with Gasteiger partial charge in [0, 0.05) is 22.7 Å². The lowest BCUT2D eigenvalue weighted by Crippen LogP contribution is -2.12. The topological polar surface area (TPSA) is 74.8 Å². The average molecular weight is 339 g/mol. The first-order valence-electron chi connectivity index (χ1n) is 7.48. The average Bonchev–Trinajstić information content (AvgIpc) is 3.16. The zero-order valence-corrected chi connectivity index (χ0v) is 14.5. The van der Waals surface area contributed by atoms with E-state index in [1.54, 1.807) is 0 Å². The number of amides is 1. The summed E-state index contributed by atoms with van der Waals surface area (Å²) in [7, 11) is 0. The lowest BCUT2D eigenvalue weighted by Gasteiger charge is -2.03. The SMILES string of the molecule is CC(=O)c1c[nH]c(C(=O)Nc2nc(-c3ccc(C)cc3C)cs2)c1. The largest absolute Gasteiger partial charge is 0.356 e. The molecule has 0 spiro atoms. The fourth-order valence-corrected chi connectivity index (χ4v) is 3.15. The summed E-state index contributed by atoms with van der Waals surface area (Å²) in [6, 6.07) is 7.73. The Labute approximate surface area is 143 Å². The summed E-state index contributed by atoms with van der Waals surface area (Å²) in [5.41, 5.74) is 5.06. The van der Waals surface area contributed by atoms with E-state index in [9.17, 15) is 9.59 Å². The molecule has 0 radical (unpaired) electrons. The molecule has 2 heterocycles. The maximum absolute atomic E-state index is 12.2. The highest BCUT2D eigenvalue weighted by Crippen LogP contribution is 2.28. The lowest BCUT2D eigenvalue weighted by molar-refractivity contribution is 0.101. The van der Waals surface area contributed by atoms with Gasteiger partial charge in [-0.2, -0.15) is 0 Å². The molecule has 1 aromatic carbocycles. The molecule has 0 saturated carbocycles. The van der Waals surface area contributed by atoms with E-state index in [1.165, 1.54) is 36.1 Å². The number of rotatable bonds is 4. The monoisotopic (exact) mass is 339 g/mol. The van der Waals surface area contributed by atoms with Crippen LogP contribution in [0.2, 0.25) is 0 Å². The summed E-state index contributed by atoms with van der Waals surface area (Å²) in [5, 5.41) is 5.20. The Hall–Kier alpha value is -2.73. The number of hydrogen-bond donors (Lipinski definition) is 2. The van der Waals surface area contributed by atoms with Crippen LogP contribution in [0.3, 0.4) is 0 Å². The number of benzene rings is 1. The number of anilines is 1. The normalized spacial score (nSPS) is 10.6. The number of nitrogens with zero attached hydrogens (tertiary/aromatic N) is 1. The highest BCUT2D eigenvalue weighted by Gasteiger charge is 2.13. The van der Waals surface area contributed by atoms with Crippen molar-refractivity contribution < 1.29 is 9.59 Å². The van der Waals surface area contributed by atoms with Crippen LogP contribution in [0.5, 0.6) is 0 Å². The predicted octanol–water partition coefficient (Wildman–Crippen LogP) is 4.21. The van der Waals surface area contributed by atoms with Crippen LogP contribution in [0.15, 0.2) is 35.8 Å². The van der Waals surface area contributed by atoms with E-state index in [2.05, 4.69) is 28.3 Å². The number of aromatic nitrogens is 2. The van der Waals surface area contributed by atoms with Crippen molar-refractivity contribution in [2.75, 3.05) is 5.32 Å². The van der Waals surface area contributed by atoms with Crippen LogP contribution >= 0.6 is 11.3 Å². The van der Waals surface area contributed by atoms with Gasteiger partial charge in [-0.3, -0.25) is 14.9 Å². The first kappa shape index (κ1) is 16.1. The standard InChI is InChI=1S/C18H17N3O2S/c1-10-4-5-14(11(2)6-10)16-9-24-18(20-16)21-17(23)15-7-13(8-19-15)12(3)22/h4-9,19H,1-3H3,(H,20,21,23). The van der Waals surface area contributed by atoms with Crippen molar-refractivity contribution in [2.45, 2.75) is 20.8 Å². The number of thiazole rings is 1. The molecule has 0 saturated heterocycles. The van der Waals surface area contributed by atoms with E-state index in [0.717, 1.165) is 16.8 Å². The van der Waals surface area contributed by atoms with Crippen LogP contribution in [0, 0.1) is 13.8 Å². The molecule has 0 aliphatic heterocycles. The molecule has 6 heteroatoms. The van der Waals surface area contributed by atoms with E-state index < -0.39 is 0 Å². The van der Waals surface area contributed by atoms with Crippen molar-refractivity contribution in [3.8, 4) is 11.3 Å². The minimum Gasteiger partial charge on any atom is -0.356 e. The molecule has 122 valence electrons. The number of Topliss-reactive ketones (excluding diaryl/α,β-unsaturated/α-hetero) is 1. The number of carbonyl (C=O) groups is 2. The number of nitrogens with one attached hydrogen (secondary N) is 2. The van der Waals surface area contributed by atoms with Gasteiger partial charge in [0.05, 0.1) is 5.69 Å². The van der Waals surface area contributed by atoms with Crippen molar-refractivity contribution in [1.29, 1.82) is 0 Å². The number of hydrogen-bond acceptors (Lipinski definition) is 4. The van der Waals surface area contributed by atoms with Gasteiger partial charge in [-0.05, 0) is 32.4 Å². The molecular weight excluding hydrogens is 322 g/mol. The Balaban J connectivity index is 1.78. The number of H-pyrrole nitrogens is 1. The Morgan fingerprint density at radius 3 is 2.67 bits per heavy atom. The minimum atomic E-state index is -0.316. The Kier molecular flexibility index (Phi) is 4.31. The van der Waals surface area contributed by atoms with Crippen LogP contribution in [0.1, 0.15) is 38.9 Å². The van der Waals surface area contributed by atoms with Gasteiger partial charge in [-0.25, -0.2) is 4.98 Å². The molecular formula is C18H17N3O2S. The predicted molar refractivity (Wildman–Crippen MR) is 95.8 cm³/mol. The molecule has 0 fully saturated rings. The summed E-state index contributed by atoms with van der Waals surface area (Å²) < 4.78 is 0. The Bertz CT molecular complexity index is 924. The number of ketones is 1. The number of aromatic amines is 1. The molecule has 2 N–H and O–H groups in total. The first-order chi connectivity index (χ1) is 11.4. The molecule has 3 rings (SSSR count). The number of aryl methyl sites for hydroxylation is 2. The Morgan fingerprint density at radius 1 is 1.21 bits per heavy atom. The highest BCUT2D eigenvalue weighted by atomic mass is 32.1. The van der Waals surface area contributed by atoms with Gasteiger partial charge < -0.3 is 4.98 Å². The molecule has 2 aromatic heterocycles. The molecule has 3 aromatic rings. The summed E-state index contributed by atoms with van der Waals surface area (Å²) in [6.45, 7) is 5.55. The molecule has 1 amide bonds. The van der Waals surface area contributed by atoms with Gasteiger partial charge >= 0.3 is 0 Å². The fraction of sp³-hybridized carbons (Fsp3) is 0.167. The quantitative estimate of drug-likeness (QED) is 0.699. The van der Waals surface area contributed by atoms with Crippen LogP contribution in [0.4, 0.5) is 5.13 Å². The molecule has 0 atom stereocenters. The second-order valence-corrected chi connectivity index (χ2v) is 6.53. The second-order valence-electron chi connectivity index (χ2n) is 5.67. The number of carbonyl (C=O) groups excluding carboxylic acids is 2. The maximum atomic E-state index is 12.2. The van der Waals surface area contributed by atoms with E-state index in [0.29, 0.717) is 16.4 Å². The van der Waals surface area contributed by atoms with E-state index in [1.807, 2.05) is 24.4 Å². The molecule has 24 heavy (non-hydrogen) atoms. The smallest absolute Gasteiger partial charge is 0.273 e. The third-order valence-corrected chi connectivity index (χ3v) is 4.47. The molecule has 5 nitrogen and oxygen atoms in total. The summed E-state index contributed by atoms with van der Waals surface area (Å²) in [6.07, 6.45) is 1.53. The third-order valence-electron chi connectivity index (χ3n) is 3.72. The van der Waals surface area contributed by atoms with Gasteiger partial charge in [0.25, 0.3) is 5.91 Å². The van der Waals surface area contributed by atoms with Crippen molar-refractivity contribution in [3.63, 3.8) is 0 Å². The molecule has 0 aliphatic carbocycles. The maximum Gasteiger partial charge on any atom is 0.273 e. The van der Waals surface area contributed by atoms with Crippen molar-refractivity contribution >= 4 is 28.2 Å². The van der Waals surface area contributed by atoms with Crippen molar-refractivity contribution in [3.05, 3.63) is 58.2 Å². The Morgan fingerprint density at radius 2 is 2.00 bits per heavy atom. The van der Waals surface area contributed by atoms with Crippen LogP contribution in [-0.2, 0) is 0 Å². The van der Waals surface area contributed by atoms with E-state index in [-0.39, 0.29) is 11.7 Å². The third kappa shape index (κ3) is 3.28. The summed E-state index contributed by atoms with van der Waals surface area (Å²) in [4.78, 5) is 30.8. The lowest BCUT2D eigenvalue weighted by atomic mass is 10.0. The van der Waals surface area contributed by atoms with Crippen molar-refractivity contribution in [2.24, 2.45) is 0 Å². The van der Waals surface area contributed by atoms with Gasteiger partial charge in [0.2, 0.25) is 0 Å².